The number of hydrogen-bond donors (Lipinski definition) is 1. The van der Waals surface area contributed by atoms with E-state index in [4.69, 9.17) is 9.72 Å². The molecule has 0 saturated heterocycles. The lowest BCUT2D eigenvalue weighted by atomic mass is 10.0. The van der Waals surface area contributed by atoms with Crippen LogP contribution in [0.1, 0.15) is 22.9 Å². The van der Waals surface area contributed by atoms with Crippen LogP contribution in [0.15, 0.2) is 18.2 Å². The average Bonchev–Trinajstić information content (AvgIpc) is 2.74. The van der Waals surface area contributed by atoms with Gasteiger partial charge in [-0.1, -0.05) is 12.1 Å². The Morgan fingerprint density at radius 2 is 2.00 bits per heavy atom. The van der Waals surface area contributed by atoms with Crippen molar-refractivity contribution in [2.75, 3.05) is 19.0 Å². The Morgan fingerprint density at radius 3 is 2.65 bits per heavy atom. The van der Waals surface area contributed by atoms with Crippen LogP contribution < -0.4 is 5.32 Å². The van der Waals surface area contributed by atoms with E-state index in [1.807, 2.05) is 0 Å². The molecule has 1 aromatic heterocycles. The third-order valence-electron chi connectivity index (χ3n) is 3.36. The summed E-state index contributed by atoms with van der Waals surface area (Å²) in [6, 6.07) is 6.77. The second-order valence-corrected chi connectivity index (χ2v) is 6.43. The van der Waals surface area contributed by atoms with E-state index in [-0.39, 0.29) is 6.04 Å². The number of nitrogens with one attached hydrogen (secondary N) is 1. The molecule has 2 aromatic rings. The molecule has 2 rings (SSSR count). The summed E-state index contributed by atoms with van der Waals surface area (Å²) < 4.78 is 5.14. The zero-order valence-corrected chi connectivity index (χ0v) is 13.6. The van der Waals surface area contributed by atoms with E-state index < -0.39 is 0 Å². The molecule has 0 unspecified atom stereocenters. The van der Waals surface area contributed by atoms with Crippen LogP contribution >= 0.6 is 11.3 Å². The van der Waals surface area contributed by atoms with E-state index in [0.29, 0.717) is 6.61 Å². The van der Waals surface area contributed by atoms with Gasteiger partial charge < -0.3 is 10.1 Å². The Bertz CT molecular complexity index is 592. The molecule has 1 atom stereocenters. The lowest BCUT2D eigenvalue weighted by molar-refractivity contribution is 0.190. The summed E-state index contributed by atoms with van der Waals surface area (Å²) in [7, 11) is 1.71. The van der Waals surface area contributed by atoms with Gasteiger partial charge in [0.25, 0.3) is 0 Å². The maximum atomic E-state index is 5.14. The number of rotatable bonds is 5. The zero-order valence-electron chi connectivity index (χ0n) is 12.8. The number of nitrogens with zero attached hydrogens (tertiary/aromatic N) is 1. The van der Waals surface area contributed by atoms with Gasteiger partial charge in [-0.3, -0.25) is 0 Å². The first-order valence-electron chi connectivity index (χ1n) is 6.81. The SMILES string of the molecule is COC[C@H](C)Nc1nc(-c2ccc(C)c(C)c2)c(C)s1. The van der Waals surface area contributed by atoms with Crippen molar-refractivity contribution in [3.63, 3.8) is 0 Å². The van der Waals surface area contributed by atoms with Gasteiger partial charge in [0.15, 0.2) is 5.13 Å². The van der Waals surface area contributed by atoms with Gasteiger partial charge in [-0.15, -0.1) is 11.3 Å². The molecule has 0 radical (unpaired) electrons. The fourth-order valence-corrected chi connectivity index (χ4v) is 3.06. The molecule has 1 aromatic carbocycles. The predicted octanol–water partition coefficient (Wildman–Crippen LogP) is 4.18. The first-order chi connectivity index (χ1) is 9.51. The maximum Gasteiger partial charge on any atom is 0.183 e. The highest BCUT2D eigenvalue weighted by Crippen LogP contribution is 2.31. The molecule has 0 fully saturated rings. The van der Waals surface area contributed by atoms with Crippen LogP contribution in [0.4, 0.5) is 5.13 Å². The molecule has 108 valence electrons. The topological polar surface area (TPSA) is 34.1 Å². The van der Waals surface area contributed by atoms with E-state index in [2.05, 4.69) is 51.2 Å². The molecule has 0 amide bonds. The minimum absolute atomic E-state index is 0.262. The molecule has 0 aliphatic carbocycles. The van der Waals surface area contributed by atoms with Crippen molar-refractivity contribution in [3.8, 4) is 11.3 Å². The molecule has 1 N–H and O–H groups in total. The van der Waals surface area contributed by atoms with Gasteiger partial charge in [0.1, 0.15) is 0 Å². The van der Waals surface area contributed by atoms with Crippen molar-refractivity contribution < 1.29 is 4.74 Å². The highest BCUT2D eigenvalue weighted by atomic mass is 32.1. The van der Waals surface area contributed by atoms with E-state index in [0.717, 1.165) is 10.8 Å². The summed E-state index contributed by atoms with van der Waals surface area (Å²) in [6.07, 6.45) is 0. The number of hydrogen-bond acceptors (Lipinski definition) is 4. The Balaban J connectivity index is 2.24. The Labute approximate surface area is 125 Å². The number of anilines is 1. The number of ether oxygens (including phenoxy) is 1. The minimum Gasteiger partial charge on any atom is -0.383 e. The van der Waals surface area contributed by atoms with E-state index >= 15 is 0 Å². The van der Waals surface area contributed by atoms with Crippen molar-refractivity contribution in [2.24, 2.45) is 0 Å². The third-order valence-corrected chi connectivity index (χ3v) is 4.27. The minimum atomic E-state index is 0.262. The van der Waals surface area contributed by atoms with Gasteiger partial charge >= 0.3 is 0 Å². The van der Waals surface area contributed by atoms with E-state index in [1.165, 1.54) is 21.6 Å². The fraction of sp³-hybridized carbons (Fsp3) is 0.438. The quantitative estimate of drug-likeness (QED) is 0.897. The first-order valence-corrected chi connectivity index (χ1v) is 7.63. The van der Waals surface area contributed by atoms with Crippen LogP contribution in [-0.2, 0) is 4.74 Å². The molecule has 3 nitrogen and oxygen atoms in total. The maximum absolute atomic E-state index is 5.14. The third kappa shape index (κ3) is 3.38. The van der Waals surface area contributed by atoms with Crippen LogP contribution in [0, 0.1) is 20.8 Å². The second-order valence-electron chi connectivity index (χ2n) is 5.22. The fourth-order valence-electron chi connectivity index (χ4n) is 2.12. The molecule has 0 saturated carbocycles. The van der Waals surface area contributed by atoms with Gasteiger partial charge in [0.2, 0.25) is 0 Å². The van der Waals surface area contributed by atoms with Crippen LogP contribution in [0.5, 0.6) is 0 Å². The van der Waals surface area contributed by atoms with Gasteiger partial charge in [-0.25, -0.2) is 4.98 Å². The molecule has 4 heteroatoms. The van der Waals surface area contributed by atoms with Gasteiger partial charge in [0.05, 0.1) is 12.3 Å². The normalized spacial score (nSPS) is 12.4. The van der Waals surface area contributed by atoms with Gasteiger partial charge in [-0.05, 0) is 44.9 Å². The molecule has 0 spiro atoms. The van der Waals surface area contributed by atoms with Crippen molar-refractivity contribution >= 4 is 16.5 Å². The largest absolute Gasteiger partial charge is 0.383 e. The second kappa shape index (κ2) is 6.37. The van der Waals surface area contributed by atoms with E-state index in [1.54, 1.807) is 18.4 Å². The Hall–Kier alpha value is -1.39. The molecule has 0 aliphatic heterocycles. The first kappa shape index (κ1) is 15.0. The standard InChI is InChI=1S/C16H22N2OS/c1-10-6-7-14(8-11(10)2)15-13(4)20-16(18-15)17-12(3)9-19-5/h6-8,12H,9H2,1-5H3,(H,17,18)/t12-/m0/s1. The molecular weight excluding hydrogens is 268 g/mol. The Morgan fingerprint density at radius 1 is 1.25 bits per heavy atom. The molecule has 0 aliphatic rings. The number of thiazole rings is 1. The predicted molar refractivity (Wildman–Crippen MR) is 86.7 cm³/mol. The summed E-state index contributed by atoms with van der Waals surface area (Å²) in [5.41, 5.74) is 4.88. The number of aryl methyl sites for hydroxylation is 3. The molecule has 0 bridgehead atoms. The van der Waals surface area contributed by atoms with Crippen LogP contribution in [-0.4, -0.2) is 24.7 Å². The number of aromatic nitrogens is 1. The lowest BCUT2D eigenvalue weighted by Crippen LogP contribution is -2.20. The molecule has 20 heavy (non-hydrogen) atoms. The summed E-state index contributed by atoms with van der Waals surface area (Å²) in [5.74, 6) is 0. The van der Waals surface area contributed by atoms with Crippen molar-refractivity contribution in [2.45, 2.75) is 33.7 Å². The summed E-state index contributed by atoms with van der Waals surface area (Å²) in [5, 5.41) is 4.34. The monoisotopic (exact) mass is 290 g/mol. The number of methoxy groups -OCH3 is 1. The van der Waals surface area contributed by atoms with Gasteiger partial charge in [0, 0.05) is 23.6 Å². The van der Waals surface area contributed by atoms with Crippen LogP contribution in [0.3, 0.4) is 0 Å². The zero-order chi connectivity index (χ0) is 14.7. The van der Waals surface area contributed by atoms with E-state index in [9.17, 15) is 0 Å². The Kier molecular flexibility index (Phi) is 4.78. The van der Waals surface area contributed by atoms with Crippen molar-refractivity contribution in [1.82, 2.24) is 4.98 Å². The van der Waals surface area contributed by atoms with Crippen molar-refractivity contribution in [3.05, 3.63) is 34.2 Å². The number of benzene rings is 1. The highest BCUT2D eigenvalue weighted by molar-refractivity contribution is 7.16. The van der Waals surface area contributed by atoms with Gasteiger partial charge in [-0.2, -0.15) is 0 Å². The summed E-state index contributed by atoms with van der Waals surface area (Å²) in [6.45, 7) is 9.16. The van der Waals surface area contributed by atoms with Crippen LogP contribution in [0.25, 0.3) is 11.3 Å². The highest BCUT2D eigenvalue weighted by Gasteiger charge is 2.12. The van der Waals surface area contributed by atoms with Crippen LogP contribution in [0.2, 0.25) is 0 Å². The average molecular weight is 290 g/mol. The van der Waals surface area contributed by atoms with Crippen molar-refractivity contribution in [1.29, 1.82) is 0 Å². The summed E-state index contributed by atoms with van der Waals surface area (Å²) in [4.78, 5) is 5.96. The smallest absolute Gasteiger partial charge is 0.183 e. The molecular formula is C16H22N2OS. The molecule has 1 heterocycles. The summed E-state index contributed by atoms with van der Waals surface area (Å²) >= 11 is 1.70. The lowest BCUT2D eigenvalue weighted by Gasteiger charge is -2.10.